The molecule has 4 aromatic carbocycles. The van der Waals surface area contributed by atoms with Crippen LogP contribution in [0.1, 0.15) is 34.7 Å². The molecule has 202 valence electrons. The minimum absolute atomic E-state index is 0.151. The van der Waals surface area contributed by atoms with Crippen LogP contribution in [0.15, 0.2) is 78.4 Å². The Bertz CT molecular complexity index is 1690. The fraction of sp³-hybridized carbons (Fsp3) is 0.182. The number of carbonyl (C=O) groups excluding carboxylic acids is 3. The van der Waals surface area contributed by atoms with Crippen molar-refractivity contribution in [3.05, 3.63) is 106 Å². The van der Waals surface area contributed by atoms with Gasteiger partial charge in [0.25, 0.3) is 11.8 Å². The van der Waals surface area contributed by atoms with Gasteiger partial charge >= 0.3 is 6.03 Å². The number of urea groups is 1. The molecule has 5 rings (SSSR count). The maximum absolute atomic E-state index is 13.4. The van der Waals surface area contributed by atoms with Crippen LogP contribution >= 0.6 is 0 Å². The molecule has 0 radical (unpaired) electrons. The van der Waals surface area contributed by atoms with Crippen molar-refractivity contribution in [3.8, 4) is 11.5 Å². The molecule has 1 N–H and O–H groups in total. The summed E-state index contributed by atoms with van der Waals surface area (Å²) >= 11 is 0. The van der Waals surface area contributed by atoms with E-state index in [9.17, 15) is 14.4 Å². The number of fused-ring (bicyclic) bond motifs is 1. The van der Waals surface area contributed by atoms with Crippen molar-refractivity contribution in [3.63, 3.8) is 0 Å². The summed E-state index contributed by atoms with van der Waals surface area (Å²) in [7, 11) is 0. The highest BCUT2D eigenvalue weighted by Crippen LogP contribution is 2.32. The molecular formula is C33H30N2O5. The number of aryl methyl sites for hydroxylation is 3. The van der Waals surface area contributed by atoms with Crippen LogP contribution in [0.25, 0.3) is 16.8 Å². The van der Waals surface area contributed by atoms with Crippen molar-refractivity contribution in [2.45, 2.75) is 34.3 Å². The van der Waals surface area contributed by atoms with E-state index in [-0.39, 0.29) is 5.57 Å². The zero-order chi connectivity index (χ0) is 28.4. The van der Waals surface area contributed by atoms with Crippen molar-refractivity contribution < 1.29 is 23.9 Å². The molecule has 0 aliphatic carbocycles. The monoisotopic (exact) mass is 534 g/mol. The second-order valence-corrected chi connectivity index (χ2v) is 9.76. The normalized spacial score (nSPS) is 14.6. The van der Waals surface area contributed by atoms with E-state index in [0.29, 0.717) is 36.0 Å². The number of rotatable bonds is 7. The van der Waals surface area contributed by atoms with Gasteiger partial charge in [-0.3, -0.25) is 14.9 Å². The predicted molar refractivity (Wildman–Crippen MR) is 156 cm³/mol. The minimum atomic E-state index is -0.776. The van der Waals surface area contributed by atoms with E-state index in [2.05, 4.69) is 36.5 Å². The first kappa shape index (κ1) is 26.7. The average molecular weight is 535 g/mol. The van der Waals surface area contributed by atoms with Gasteiger partial charge in [-0.25, -0.2) is 9.69 Å². The smallest absolute Gasteiger partial charge is 0.335 e. The molecule has 0 spiro atoms. The molecule has 1 heterocycles. The van der Waals surface area contributed by atoms with Crippen molar-refractivity contribution in [2.75, 3.05) is 11.5 Å². The fourth-order valence-electron chi connectivity index (χ4n) is 4.89. The largest absolute Gasteiger partial charge is 0.490 e. The summed E-state index contributed by atoms with van der Waals surface area (Å²) in [4.78, 5) is 39.7. The third kappa shape index (κ3) is 5.18. The van der Waals surface area contributed by atoms with E-state index in [1.54, 1.807) is 24.3 Å². The van der Waals surface area contributed by atoms with Gasteiger partial charge in [-0.05, 0) is 79.4 Å². The van der Waals surface area contributed by atoms with Crippen molar-refractivity contribution in [1.82, 2.24) is 5.32 Å². The standard InChI is InChI=1S/C33H30N2O5/c1-5-39-30-18-23(12-15-29(30)40-19-27-21(3)11-13-24-8-6-7-9-25(24)27)17-26-31(36)34-33(38)35(32(26)37)28-14-10-20(2)16-22(28)4/h6-18H,5,19H2,1-4H3,(H,34,36,38)/b26-17+. The number of hydrogen-bond acceptors (Lipinski definition) is 5. The fourth-order valence-corrected chi connectivity index (χ4v) is 4.89. The van der Waals surface area contributed by atoms with Gasteiger partial charge in [-0.2, -0.15) is 0 Å². The van der Waals surface area contributed by atoms with Crippen LogP contribution in [0.2, 0.25) is 0 Å². The molecule has 1 fully saturated rings. The molecule has 7 nitrogen and oxygen atoms in total. The van der Waals surface area contributed by atoms with Crippen LogP contribution in [-0.4, -0.2) is 24.5 Å². The van der Waals surface area contributed by atoms with E-state index >= 15 is 0 Å². The lowest BCUT2D eigenvalue weighted by molar-refractivity contribution is -0.122. The van der Waals surface area contributed by atoms with Crippen LogP contribution in [0, 0.1) is 20.8 Å². The van der Waals surface area contributed by atoms with E-state index in [1.165, 1.54) is 6.08 Å². The zero-order valence-corrected chi connectivity index (χ0v) is 22.9. The summed E-state index contributed by atoms with van der Waals surface area (Å²) in [5, 5.41) is 4.56. The molecule has 0 unspecified atom stereocenters. The first-order valence-electron chi connectivity index (χ1n) is 13.1. The van der Waals surface area contributed by atoms with Crippen LogP contribution in [-0.2, 0) is 16.2 Å². The van der Waals surface area contributed by atoms with Gasteiger partial charge in [0.05, 0.1) is 12.3 Å². The molecule has 40 heavy (non-hydrogen) atoms. The van der Waals surface area contributed by atoms with Gasteiger partial charge in [0.1, 0.15) is 12.2 Å². The number of amides is 4. The predicted octanol–water partition coefficient (Wildman–Crippen LogP) is 6.41. The second-order valence-electron chi connectivity index (χ2n) is 9.76. The van der Waals surface area contributed by atoms with Crippen LogP contribution in [0.3, 0.4) is 0 Å². The SMILES string of the molecule is CCOc1cc(/C=C2\C(=O)NC(=O)N(c3ccc(C)cc3C)C2=O)ccc1OCc1c(C)ccc2ccccc12. The Kier molecular flexibility index (Phi) is 7.38. The van der Waals surface area contributed by atoms with Gasteiger partial charge in [0.2, 0.25) is 0 Å². The van der Waals surface area contributed by atoms with E-state index in [1.807, 2.05) is 45.0 Å². The van der Waals surface area contributed by atoms with E-state index < -0.39 is 17.8 Å². The summed E-state index contributed by atoms with van der Waals surface area (Å²) in [5.41, 5.74) is 4.80. The van der Waals surface area contributed by atoms with Crippen molar-refractivity contribution in [2.24, 2.45) is 0 Å². The molecule has 0 bridgehead atoms. The zero-order valence-electron chi connectivity index (χ0n) is 22.9. The van der Waals surface area contributed by atoms with Gasteiger partial charge in [0.15, 0.2) is 11.5 Å². The van der Waals surface area contributed by atoms with E-state index in [0.717, 1.165) is 37.9 Å². The number of ether oxygens (including phenoxy) is 2. The van der Waals surface area contributed by atoms with Gasteiger partial charge in [-0.1, -0.05) is 60.2 Å². The molecule has 4 amide bonds. The van der Waals surface area contributed by atoms with Crippen LogP contribution < -0.4 is 19.7 Å². The number of hydrogen-bond donors (Lipinski definition) is 1. The average Bonchev–Trinajstić information content (AvgIpc) is 2.92. The van der Waals surface area contributed by atoms with Gasteiger partial charge in [0, 0.05) is 5.56 Å². The number of barbiturate groups is 1. The number of nitrogens with one attached hydrogen (secondary N) is 1. The van der Waals surface area contributed by atoms with Crippen LogP contribution in [0.5, 0.6) is 11.5 Å². The Morgan fingerprint density at radius 2 is 1.62 bits per heavy atom. The van der Waals surface area contributed by atoms with Gasteiger partial charge < -0.3 is 9.47 Å². The van der Waals surface area contributed by atoms with E-state index in [4.69, 9.17) is 9.47 Å². The molecule has 4 aromatic rings. The molecule has 0 saturated carbocycles. The highest BCUT2D eigenvalue weighted by Gasteiger charge is 2.37. The van der Waals surface area contributed by atoms with Crippen molar-refractivity contribution >= 4 is 40.4 Å². The summed E-state index contributed by atoms with van der Waals surface area (Å²) in [6.07, 6.45) is 1.46. The number of anilines is 1. The lowest BCUT2D eigenvalue weighted by Gasteiger charge is -2.27. The summed E-state index contributed by atoms with van der Waals surface area (Å²) in [5.74, 6) is -0.408. The third-order valence-electron chi connectivity index (χ3n) is 6.92. The first-order chi connectivity index (χ1) is 19.3. The maximum atomic E-state index is 13.4. The molecule has 0 aromatic heterocycles. The first-order valence-corrected chi connectivity index (χ1v) is 13.1. The minimum Gasteiger partial charge on any atom is -0.490 e. The lowest BCUT2D eigenvalue weighted by Crippen LogP contribution is -2.54. The Labute approximate surface area is 233 Å². The summed E-state index contributed by atoms with van der Waals surface area (Å²) in [6.45, 7) is 8.42. The highest BCUT2D eigenvalue weighted by atomic mass is 16.5. The maximum Gasteiger partial charge on any atom is 0.335 e. The van der Waals surface area contributed by atoms with Gasteiger partial charge in [-0.15, -0.1) is 0 Å². The molecule has 7 heteroatoms. The Morgan fingerprint density at radius 1 is 0.825 bits per heavy atom. The molecule has 1 saturated heterocycles. The molecule has 0 atom stereocenters. The Hall–Kier alpha value is -4.91. The number of imide groups is 2. The quantitative estimate of drug-likeness (QED) is 0.219. The Balaban J connectivity index is 1.44. The Morgan fingerprint density at radius 3 is 2.40 bits per heavy atom. The second kappa shape index (κ2) is 11.1. The number of carbonyl (C=O) groups is 3. The molecule has 1 aliphatic heterocycles. The highest BCUT2D eigenvalue weighted by molar-refractivity contribution is 6.39. The molecule has 1 aliphatic rings. The van der Waals surface area contributed by atoms with Crippen molar-refractivity contribution in [1.29, 1.82) is 0 Å². The molecular weight excluding hydrogens is 504 g/mol. The van der Waals surface area contributed by atoms with Crippen LogP contribution in [0.4, 0.5) is 10.5 Å². The summed E-state index contributed by atoms with van der Waals surface area (Å²) in [6, 6.07) is 22.2. The number of benzene rings is 4. The topological polar surface area (TPSA) is 84.9 Å². The lowest BCUT2D eigenvalue weighted by atomic mass is 10.0. The summed E-state index contributed by atoms with van der Waals surface area (Å²) < 4.78 is 12.1. The number of nitrogens with zero attached hydrogens (tertiary/aromatic N) is 1. The third-order valence-corrected chi connectivity index (χ3v) is 6.92.